The Hall–Kier alpha value is -0.780. The Labute approximate surface area is 118 Å². The first-order valence-electron chi connectivity index (χ1n) is 7.35. The maximum Gasteiger partial charge on any atom is 0.401 e. The Bertz CT molecular complexity index is 289. The van der Waals surface area contributed by atoms with Gasteiger partial charge in [0.2, 0.25) is 0 Å². The van der Waals surface area contributed by atoms with Crippen LogP contribution in [0, 0.1) is 5.92 Å². The lowest BCUT2D eigenvalue weighted by Crippen LogP contribution is -2.35. The van der Waals surface area contributed by atoms with Gasteiger partial charge in [0.25, 0.3) is 0 Å². The maximum atomic E-state index is 12.2. The van der Waals surface area contributed by atoms with Crippen LogP contribution in [0.25, 0.3) is 0 Å². The van der Waals surface area contributed by atoms with Crippen molar-refractivity contribution in [3.05, 3.63) is 0 Å². The third-order valence-corrected chi connectivity index (χ3v) is 3.66. The standard InChI is InChI=1S/C14H24F3NO2/c1-2-18(11-14(15,16)17)8-5-9-20-13(19)10-12-6-3-4-7-12/h12H,2-11H2,1H3. The zero-order valence-corrected chi connectivity index (χ0v) is 12.0. The fourth-order valence-corrected chi connectivity index (χ4v) is 2.59. The van der Waals surface area contributed by atoms with E-state index in [2.05, 4.69) is 0 Å². The van der Waals surface area contributed by atoms with Gasteiger partial charge < -0.3 is 4.74 Å². The Morgan fingerprint density at radius 1 is 1.30 bits per heavy atom. The predicted octanol–water partition coefficient (Wildman–Crippen LogP) is 3.38. The van der Waals surface area contributed by atoms with Crippen molar-refractivity contribution >= 4 is 5.97 Å². The van der Waals surface area contributed by atoms with Crippen molar-refractivity contribution in [2.75, 3.05) is 26.2 Å². The molecule has 6 heteroatoms. The highest BCUT2D eigenvalue weighted by Crippen LogP contribution is 2.27. The van der Waals surface area contributed by atoms with Crippen LogP contribution < -0.4 is 0 Å². The molecule has 1 fully saturated rings. The van der Waals surface area contributed by atoms with Gasteiger partial charge in [-0.3, -0.25) is 9.69 Å². The molecule has 20 heavy (non-hydrogen) atoms. The van der Waals surface area contributed by atoms with Crippen molar-refractivity contribution in [1.82, 2.24) is 4.90 Å². The molecule has 0 aromatic carbocycles. The predicted molar refractivity (Wildman–Crippen MR) is 70.3 cm³/mol. The van der Waals surface area contributed by atoms with E-state index in [1.807, 2.05) is 0 Å². The Morgan fingerprint density at radius 3 is 2.50 bits per heavy atom. The van der Waals surface area contributed by atoms with Crippen molar-refractivity contribution < 1.29 is 22.7 Å². The Morgan fingerprint density at radius 2 is 1.95 bits per heavy atom. The van der Waals surface area contributed by atoms with Gasteiger partial charge in [0, 0.05) is 13.0 Å². The summed E-state index contributed by atoms with van der Waals surface area (Å²) in [6.45, 7) is 1.64. The van der Waals surface area contributed by atoms with Crippen LogP contribution in [-0.4, -0.2) is 43.3 Å². The second-order valence-electron chi connectivity index (χ2n) is 5.41. The van der Waals surface area contributed by atoms with E-state index >= 15 is 0 Å². The van der Waals surface area contributed by atoms with Gasteiger partial charge in [-0.2, -0.15) is 13.2 Å². The summed E-state index contributed by atoms with van der Waals surface area (Å²) in [5.41, 5.74) is 0. The number of rotatable bonds is 8. The summed E-state index contributed by atoms with van der Waals surface area (Å²) in [6.07, 6.45) is 1.27. The number of carbonyl (C=O) groups excluding carboxylic acids is 1. The van der Waals surface area contributed by atoms with Gasteiger partial charge in [-0.05, 0) is 31.7 Å². The molecule has 0 heterocycles. The highest BCUT2D eigenvalue weighted by Gasteiger charge is 2.29. The third kappa shape index (κ3) is 7.72. The van der Waals surface area contributed by atoms with Crippen molar-refractivity contribution in [1.29, 1.82) is 0 Å². The van der Waals surface area contributed by atoms with Crippen LogP contribution in [0.4, 0.5) is 13.2 Å². The third-order valence-electron chi connectivity index (χ3n) is 3.66. The number of alkyl halides is 3. The van der Waals surface area contributed by atoms with Crippen LogP contribution in [0.2, 0.25) is 0 Å². The number of esters is 1. The van der Waals surface area contributed by atoms with Crippen molar-refractivity contribution in [2.24, 2.45) is 5.92 Å². The van der Waals surface area contributed by atoms with Gasteiger partial charge in [0.15, 0.2) is 0 Å². The molecule has 0 atom stereocenters. The monoisotopic (exact) mass is 295 g/mol. The van der Waals surface area contributed by atoms with Gasteiger partial charge >= 0.3 is 12.1 Å². The van der Waals surface area contributed by atoms with Gasteiger partial charge in [0.05, 0.1) is 13.2 Å². The molecule has 0 saturated heterocycles. The molecule has 0 bridgehead atoms. The minimum atomic E-state index is -4.17. The summed E-state index contributed by atoms with van der Waals surface area (Å²) in [4.78, 5) is 12.8. The average molecular weight is 295 g/mol. The number of carbonyl (C=O) groups is 1. The zero-order valence-electron chi connectivity index (χ0n) is 12.0. The first-order valence-corrected chi connectivity index (χ1v) is 7.35. The van der Waals surface area contributed by atoms with Gasteiger partial charge in [-0.25, -0.2) is 0 Å². The molecular weight excluding hydrogens is 271 g/mol. The lowest BCUT2D eigenvalue weighted by Gasteiger charge is -2.21. The molecular formula is C14H24F3NO2. The van der Waals surface area contributed by atoms with Crippen LogP contribution in [0.1, 0.15) is 45.4 Å². The quantitative estimate of drug-likeness (QED) is 0.508. The van der Waals surface area contributed by atoms with Crippen LogP contribution in [-0.2, 0) is 9.53 Å². The summed E-state index contributed by atoms with van der Waals surface area (Å²) in [5, 5.41) is 0. The lowest BCUT2D eigenvalue weighted by molar-refractivity contribution is -0.149. The van der Waals surface area contributed by atoms with Crippen LogP contribution in [0.3, 0.4) is 0 Å². The molecule has 0 amide bonds. The molecule has 1 rings (SSSR count). The van der Waals surface area contributed by atoms with Crippen LogP contribution in [0.5, 0.6) is 0 Å². The summed E-state index contributed by atoms with van der Waals surface area (Å²) >= 11 is 0. The van der Waals surface area contributed by atoms with E-state index in [0.717, 1.165) is 12.8 Å². The number of halogens is 3. The molecule has 1 aliphatic carbocycles. The number of ether oxygens (including phenoxy) is 1. The van der Waals surface area contributed by atoms with E-state index in [0.29, 0.717) is 31.8 Å². The first-order chi connectivity index (χ1) is 9.40. The van der Waals surface area contributed by atoms with Crippen LogP contribution >= 0.6 is 0 Å². The topological polar surface area (TPSA) is 29.5 Å². The second-order valence-corrected chi connectivity index (χ2v) is 5.41. The molecule has 0 aliphatic heterocycles. The van der Waals surface area contributed by atoms with E-state index in [-0.39, 0.29) is 12.6 Å². The van der Waals surface area contributed by atoms with E-state index in [4.69, 9.17) is 4.74 Å². The highest BCUT2D eigenvalue weighted by atomic mass is 19.4. The summed E-state index contributed by atoms with van der Waals surface area (Å²) in [7, 11) is 0. The number of hydrogen-bond acceptors (Lipinski definition) is 3. The molecule has 118 valence electrons. The SMILES string of the molecule is CCN(CCCOC(=O)CC1CCCC1)CC(F)(F)F. The van der Waals surface area contributed by atoms with Gasteiger partial charge in [-0.1, -0.05) is 19.8 Å². The van der Waals surface area contributed by atoms with Crippen LogP contribution in [0.15, 0.2) is 0 Å². The van der Waals surface area contributed by atoms with E-state index in [1.165, 1.54) is 17.7 Å². The molecule has 0 N–H and O–H groups in total. The highest BCUT2D eigenvalue weighted by molar-refractivity contribution is 5.69. The van der Waals surface area contributed by atoms with Gasteiger partial charge in [-0.15, -0.1) is 0 Å². The second kappa shape index (κ2) is 8.49. The van der Waals surface area contributed by atoms with E-state index in [1.54, 1.807) is 6.92 Å². The van der Waals surface area contributed by atoms with Gasteiger partial charge in [0.1, 0.15) is 0 Å². The average Bonchev–Trinajstić information content (AvgIpc) is 2.84. The molecule has 0 aromatic heterocycles. The Balaban J connectivity index is 2.08. The maximum absolute atomic E-state index is 12.2. The van der Waals surface area contributed by atoms with E-state index in [9.17, 15) is 18.0 Å². The Kier molecular flexibility index (Phi) is 7.34. The minimum absolute atomic E-state index is 0.208. The molecule has 0 spiro atoms. The molecule has 1 aliphatic rings. The molecule has 0 radical (unpaired) electrons. The van der Waals surface area contributed by atoms with E-state index < -0.39 is 12.7 Å². The fraction of sp³-hybridized carbons (Fsp3) is 0.929. The smallest absolute Gasteiger partial charge is 0.401 e. The summed E-state index contributed by atoms with van der Waals surface area (Å²) < 4.78 is 41.8. The first kappa shape index (κ1) is 17.3. The number of hydrogen-bond donors (Lipinski definition) is 0. The fourth-order valence-electron chi connectivity index (χ4n) is 2.59. The molecule has 1 saturated carbocycles. The minimum Gasteiger partial charge on any atom is -0.466 e. The number of nitrogens with zero attached hydrogens (tertiary/aromatic N) is 1. The van der Waals surface area contributed by atoms with Crippen molar-refractivity contribution in [2.45, 2.75) is 51.6 Å². The van der Waals surface area contributed by atoms with Crippen molar-refractivity contribution in [3.63, 3.8) is 0 Å². The normalized spacial score (nSPS) is 16.9. The summed E-state index contributed by atoms with van der Waals surface area (Å²) in [6, 6.07) is 0. The molecule has 0 unspecified atom stereocenters. The van der Waals surface area contributed by atoms with Crippen molar-refractivity contribution in [3.8, 4) is 0 Å². The molecule has 3 nitrogen and oxygen atoms in total. The largest absolute Gasteiger partial charge is 0.466 e. The summed E-state index contributed by atoms with van der Waals surface area (Å²) in [5.74, 6) is 0.232. The zero-order chi connectivity index (χ0) is 15.0. The molecule has 0 aromatic rings. The lowest BCUT2D eigenvalue weighted by atomic mass is 10.0.